The van der Waals surface area contributed by atoms with Crippen LogP contribution in [0.2, 0.25) is 10.0 Å². The zero-order chi connectivity index (χ0) is 27.0. The Morgan fingerprint density at radius 3 is 2.32 bits per heavy atom. The first-order valence-corrected chi connectivity index (χ1v) is 13.1. The molecule has 0 aliphatic carbocycles. The fourth-order valence-corrected chi connectivity index (χ4v) is 5.73. The number of hydrogen-bond donors (Lipinski definition) is 2. The second kappa shape index (κ2) is 10.8. The molecule has 2 atom stereocenters. The van der Waals surface area contributed by atoms with Crippen molar-refractivity contribution in [3.05, 3.63) is 69.3 Å². The molecule has 2 N–H and O–H groups in total. The van der Waals surface area contributed by atoms with Gasteiger partial charge in [-0.1, -0.05) is 35.3 Å². The number of methoxy groups -OCH3 is 2. The molecule has 10 heteroatoms. The molecule has 5 rings (SSSR count). The average molecular weight is 554 g/mol. The Hall–Kier alpha value is -3.33. The van der Waals surface area contributed by atoms with Gasteiger partial charge in [0.15, 0.2) is 0 Å². The Balaban J connectivity index is 1.33. The van der Waals surface area contributed by atoms with Gasteiger partial charge < -0.3 is 25.0 Å². The van der Waals surface area contributed by atoms with Crippen molar-refractivity contribution < 1.29 is 14.3 Å². The summed E-state index contributed by atoms with van der Waals surface area (Å²) in [6, 6.07) is 11.9. The highest BCUT2D eigenvalue weighted by Gasteiger charge is 2.24. The lowest BCUT2D eigenvalue weighted by Gasteiger charge is -2.36. The molecular weight excluding hydrogens is 525 g/mol. The van der Waals surface area contributed by atoms with Crippen molar-refractivity contribution in [1.29, 1.82) is 0 Å². The molecule has 0 radical (unpaired) electrons. The third-order valence-electron chi connectivity index (χ3n) is 6.75. The molecule has 38 heavy (non-hydrogen) atoms. The monoisotopic (exact) mass is 553 g/mol. The van der Waals surface area contributed by atoms with Crippen molar-refractivity contribution in [1.82, 2.24) is 15.6 Å². The van der Waals surface area contributed by atoms with Gasteiger partial charge in [-0.3, -0.25) is 9.79 Å². The van der Waals surface area contributed by atoms with Crippen molar-refractivity contribution in [3.63, 3.8) is 0 Å². The number of anilines is 1. The number of rotatable bonds is 5. The van der Waals surface area contributed by atoms with E-state index in [-0.39, 0.29) is 5.91 Å². The number of hydrogen-bond acceptors (Lipinski definition) is 7. The molecule has 0 spiro atoms. The third kappa shape index (κ3) is 5.04. The van der Waals surface area contributed by atoms with Gasteiger partial charge in [-0.05, 0) is 43.2 Å². The van der Waals surface area contributed by atoms with Gasteiger partial charge in [0, 0.05) is 48.6 Å². The zero-order valence-corrected chi connectivity index (χ0v) is 23.2. The molecule has 198 valence electrons. The first-order chi connectivity index (χ1) is 18.3. The largest absolute Gasteiger partial charge is 0.495 e. The predicted octanol–water partition coefficient (Wildman–Crippen LogP) is 4.95. The van der Waals surface area contributed by atoms with Gasteiger partial charge in [0.2, 0.25) is 0 Å². The number of nitrogens with zero attached hydrogens (tertiary/aromatic N) is 3. The lowest BCUT2D eigenvalue weighted by Crippen LogP contribution is -2.54. The summed E-state index contributed by atoms with van der Waals surface area (Å²) in [7, 11) is 3.08. The Labute approximate surface area is 232 Å². The van der Waals surface area contributed by atoms with Crippen LogP contribution in [0.15, 0.2) is 47.6 Å². The maximum atomic E-state index is 13.0. The summed E-state index contributed by atoms with van der Waals surface area (Å²) in [4.78, 5) is 24.3. The highest BCUT2D eigenvalue weighted by atomic mass is 35.5. The molecule has 2 aliphatic rings. The summed E-state index contributed by atoms with van der Waals surface area (Å²) in [6.45, 7) is 6.48. The van der Waals surface area contributed by atoms with E-state index in [4.69, 9.17) is 32.7 Å². The molecule has 0 bridgehead atoms. The molecule has 3 heterocycles. The molecule has 0 saturated carbocycles. The summed E-state index contributed by atoms with van der Waals surface area (Å²) < 4.78 is 10.8. The van der Waals surface area contributed by atoms with Gasteiger partial charge in [0.05, 0.1) is 36.4 Å². The van der Waals surface area contributed by atoms with E-state index < -0.39 is 0 Å². The topological polar surface area (TPSA) is 88.1 Å². The van der Waals surface area contributed by atoms with Crippen molar-refractivity contribution in [2.75, 3.05) is 32.2 Å². The van der Waals surface area contributed by atoms with Crippen LogP contribution in [0.1, 0.15) is 35.3 Å². The fraction of sp³-hybridized carbons (Fsp3) is 0.321. The summed E-state index contributed by atoms with van der Waals surface area (Å²) >= 11 is 13.2. The number of benzene rings is 2. The number of amides is 1. The number of halogens is 2. The molecule has 1 saturated heterocycles. The highest BCUT2D eigenvalue weighted by molar-refractivity contribution is 6.41. The number of piperazine rings is 1. The average Bonchev–Trinajstić information content (AvgIpc) is 3.30. The van der Waals surface area contributed by atoms with E-state index in [9.17, 15) is 4.79 Å². The molecule has 0 unspecified atom stereocenters. The van der Waals surface area contributed by atoms with E-state index in [1.807, 2.05) is 24.3 Å². The highest BCUT2D eigenvalue weighted by Crippen LogP contribution is 2.46. The van der Waals surface area contributed by atoms with Crippen molar-refractivity contribution in [2.24, 2.45) is 4.99 Å². The summed E-state index contributed by atoms with van der Waals surface area (Å²) in [5, 5.41) is 7.24. The number of nitrogens with one attached hydrogen (secondary N) is 2. The lowest BCUT2D eigenvalue weighted by molar-refractivity contribution is 0.0977. The molecule has 3 aromatic rings. The zero-order valence-electron chi connectivity index (χ0n) is 21.6. The van der Waals surface area contributed by atoms with Crippen molar-refractivity contribution in [3.8, 4) is 22.6 Å². The number of ether oxygens (including phenoxy) is 2. The van der Waals surface area contributed by atoms with Crippen LogP contribution in [-0.4, -0.2) is 56.1 Å². The quantitative estimate of drug-likeness (QED) is 0.464. The normalized spacial score (nSPS) is 18.6. The van der Waals surface area contributed by atoms with E-state index in [0.717, 1.165) is 35.6 Å². The number of pyridine rings is 1. The van der Waals surface area contributed by atoms with Crippen LogP contribution in [-0.2, 0) is 6.54 Å². The molecule has 8 nitrogen and oxygen atoms in total. The molecule has 1 amide bonds. The summed E-state index contributed by atoms with van der Waals surface area (Å²) in [6.07, 6.45) is 1.61. The maximum Gasteiger partial charge on any atom is 0.258 e. The second-order valence-electron chi connectivity index (χ2n) is 9.55. The smallest absolute Gasteiger partial charge is 0.258 e. The molecule has 1 fully saturated rings. The van der Waals surface area contributed by atoms with Gasteiger partial charge in [-0.25, -0.2) is 4.98 Å². The predicted molar refractivity (Wildman–Crippen MR) is 151 cm³/mol. The standard InChI is InChI=1S/C28H29Cl2N5O3/c1-15-13-35(14-16(2)33-15)23-8-6-18(11-31-23)28(36)34-27-20-7-5-17(9-19(20)12-32-27)24-25(29)21(37-3)10-22(38-4)26(24)30/h5-11,15-16,33H,12-14H2,1-4H3,(H,32,34,36)/t15-,16+. The van der Waals surface area contributed by atoms with Gasteiger partial charge in [-0.15, -0.1) is 0 Å². The van der Waals surface area contributed by atoms with Gasteiger partial charge in [0.25, 0.3) is 5.91 Å². The van der Waals surface area contributed by atoms with Crippen LogP contribution in [0.3, 0.4) is 0 Å². The third-order valence-corrected chi connectivity index (χ3v) is 7.50. The molecule has 2 aromatic carbocycles. The SMILES string of the molecule is COc1cc(OC)c(Cl)c(-c2ccc3c(c2)CN=C3NC(=O)c2ccc(N3C[C@@H](C)N[C@@H](C)C3)nc2)c1Cl. The van der Waals surface area contributed by atoms with Crippen LogP contribution in [0.4, 0.5) is 5.82 Å². The Bertz CT molecular complexity index is 1370. The first kappa shape index (κ1) is 26.3. The number of carbonyl (C=O) groups excluding carboxylic acids is 1. The van der Waals surface area contributed by atoms with E-state index >= 15 is 0 Å². The van der Waals surface area contributed by atoms with Crippen molar-refractivity contribution >= 4 is 40.8 Å². The number of amidine groups is 1. The second-order valence-corrected chi connectivity index (χ2v) is 10.3. The van der Waals surface area contributed by atoms with Gasteiger partial charge in [-0.2, -0.15) is 0 Å². The number of carbonyl (C=O) groups is 1. The van der Waals surface area contributed by atoms with Gasteiger partial charge >= 0.3 is 0 Å². The van der Waals surface area contributed by atoms with Crippen LogP contribution < -0.4 is 25.0 Å². The minimum atomic E-state index is -0.259. The lowest BCUT2D eigenvalue weighted by atomic mass is 9.99. The van der Waals surface area contributed by atoms with Crippen LogP contribution in [0.25, 0.3) is 11.1 Å². The Kier molecular flexibility index (Phi) is 7.47. The summed E-state index contributed by atoms with van der Waals surface area (Å²) in [5.41, 5.74) is 3.68. The number of aromatic nitrogens is 1. The minimum Gasteiger partial charge on any atom is -0.495 e. The van der Waals surface area contributed by atoms with Crippen LogP contribution >= 0.6 is 23.2 Å². The van der Waals surface area contributed by atoms with E-state index in [1.54, 1.807) is 32.5 Å². The van der Waals surface area contributed by atoms with Gasteiger partial charge in [0.1, 0.15) is 23.2 Å². The van der Waals surface area contributed by atoms with E-state index in [1.165, 1.54) is 0 Å². The Morgan fingerprint density at radius 2 is 1.71 bits per heavy atom. The fourth-order valence-electron chi connectivity index (χ4n) is 5.01. The molecule has 1 aromatic heterocycles. The van der Waals surface area contributed by atoms with Crippen LogP contribution in [0.5, 0.6) is 11.5 Å². The number of fused-ring (bicyclic) bond motifs is 1. The van der Waals surface area contributed by atoms with Crippen LogP contribution in [0, 0.1) is 0 Å². The van der Waals surface area contributed by atoms with Crippen molar-refractivity contribution in [2.45, 2.75) is 32.5 Å². The van der Waals surface area contributed by atoms with E-state index in [0.29, 0.717) is 57.1 Å². The Morgan fingerprint density at radius 1 is 1.03 bits per heavy atom. The molecular formula is C28H29Cl2N5O3. The minimum absolute atomic E-state index is 0.259. The summed E-state index contributed by atoms with van der Waals surface area (Å²) in [5.74, 6) is 2.06. The molecule has 2 aliphatic heterocycles. The first-order valence-electron chi connectivity index (χ1n) is 12.4. The van der Waals surface area contributed by atoms with E-state index in [2.05, 4.69) is 39.4 Å². The number of aliphatic imine (C=N–C) groups is 1. The maximum absolute atomic E-state index is 13.0.